The Morgan fingerprint density at radius 2 is 1.07 bits per heavy atom. The Labute approximate surface area is 84.9 Å². The van der Waals surface area contributed by atoms with Crippen LogP contribution >= 0.6 is 0 Å². The van der Waals surface area contributed by atoms with Gasteiger partial charge in [-0.3, -0.25) is 0 Å². The first-order chi connectivity index (χ1) is 6.79. The Morgan fingerprint density at radius 1 is 0.714 bits per heavy atom. The van der Waals surface area contributed by atoms with E-state index in [1.54, 1.807) is 12.2 Å². The van der Waals surface area contributed by atoms with Crippen molar-refractivity contribution in [1.82, 2.24) is 0 Å². The first-order valence-corrected chi connectivity index (χ1v) is 4.41. The maximum absolute atomic E-state index is 8.69. The summed E-state index contributed by atoms with van der Waals surface area (Å²) in [6, 6.07) is 0. The Hall–Kier alpha value is -1.70. The van der Waals surface area contributed by atoms with Gasteiger partial charge in [-0.25, -0.2) is 0 Å². The van der Waals surface area contributed by atoms with Crippen LogP contribution in [0.3, 0.4) is 0 Å². The van der Waals surface area contributed by atoms with Crippen molar-refractivity contribution in [2.24, 2.45) is 0 Å². The van der Waals surface area contributed by atoms with Gasteiger partial charge in [0.25, 0.3) is 0 Å². The SMILES string of the molecule is C\C=C/C(/C=C/O)=C(/C=C\C)\C=C\O. The van der Waals surface area contributed by atoms with Crippen LogP contribution in [0.2, 0.25) is 0 Å². The van der Waals surface area contributed by atoms with Crippen molar-refractivity contribution in [3.8, 4) is 0 Å². The van der Waals surface area contributed by atoms with Gasteiger partial charge in [0.15, 0.2) is 0 Å². The topological polar surface area (TPSA) is 40.5 Å². The molecule has 0 aromatic carbocycles. The second-order valence-electron chi connectivity index (χ2n) is 2.54. The van der Waals surface area contributed by atoms with E-state index in [2.05, 4.69) is 0 Å². The smallest absolute Gasteiger partial charge is 0.0797 e. The van der Waals surface area contributed by atoms with Crippen LogP contribution in [0.5, 0.6) is 0 Å². The van der Waals surface area contributed by atoms with Crippen molar-refractivity contribution in [3.63, 3.8) is 0 Å². The van der Waals surface area contributed by atoms with E-state index >= 15 is 0 Å². The van der Waals surface area contributed by atoms with E-state index in [0.29, 0.717) is 0 Å². The summed E-state index contributed by atoms with van der Waals surface area (Å²) in [5, 5.41) is 17.4. The van der Waals surface area contributed by atoms with Crippen molar-refractivity contribution < 1.29 is 10.2 Å². The lowest BCUT2D eigenvalue weighted by Crippen LogP contribution is -1.80. The summed E-state index contributed by atoms with van der Waals surface area (Å²) >= 11 is 0. The van der Waals surface area contributed by atoms with Crippen LogP contribution in [0.4, 0.5) is 0 Å². The molecule has 0 heterocycles. The summed E-state index contributed by atoms with van der Waals surface area (Å²) < 4.78 is 0. The first kappa shape index (κ1) is 12.3. The predicted octanol–water partition coefficient (Wildman–Crippen LogP) is 3.58. The van der Waals surface area contributed by atoms with E-state index in [0.717, 1.165) is 23.7 Å². The third kappa shape index (κ3) is 4.36. The van der Waals surface area contributed by atoms with Crippen LogP contribution in [0.1, 0.15) is 13.8 Å². The molecule has 0 saturated carbocycles. The number of allylic oxidation sites excluding steroid dienone is 8. The van der Waals surface area contributed by atoms with E-state index in [9.17, 15) is 0 Å². The minimum atomic E-state index is 0.832. The molecule has 0 aromatic rings. The molecule has 76 valence electrons. The molecule has 2 N–H and O–H groups in total. The highest BCUT2D eigenvalue weighted by molar-refractivity contribution is 5.45. The van der Waals surface area contributed by atoms with Crippen LogP contribution in [-0.2, 0) is 0 Å². The van der Waals surface area contributed by atoms with Crippen LogP contribution in [0.25, 0.3) is 0 Å². The highest BCUT2D eigenvalue weighted by Gasteiger charge is 1.93. The zero-order valence-corrected chi connectivity index (χ0v) is 8.51. The van der Waals surface area contributed by atoms with Gasteiger partial charge in [0, 0.05) is 0 Å². The summed E-state index contributed by atoms with van der Waals surface area (Å²) in [6.07, 6.45) is 12.5. The van der Waals surface area contributed by atoms with Crippen LogP contribution < -0.4 is 0 Å². The monoisotopic (exact) mass is 192 g/mol. The molecular weight excluding hydrogens is 176 g/mol. The number of hydrogen-bond acceptors (Lipinski definition) is 2. The summed E-state index contributed by atoms with van der Waals surface area (Å²) in [5.74, 6) is 0. The molecular formula is C12H16O2. The van der Waals surface area contributed by atoms with E-state index in [4.69, 9.17) is 10.2 Å². The molecule has 2 nitrogen and oxygen atoms in total. The zero-order valence-electron chi connectivity index (χ0n) is 8.51. The van der Waals surface area contributed by atoms with E-state index in [1.165, 1.54) is 0 Å². The fourth-order valence-electron chi connectivity index (χ4n) is 1.02. The Kier molecular flexibility index (Phi) is 6.96. The lowest BCUT2D eigenvalue weighted by atomic mass is 10.1. The molecule has 0 unspecified atom stereocenters. The average molecular weight is 192 g/mol. The van der Waals surface area contributed by atoms with Crippen LogP contribution in [0.15, 0.2) is 60.1 Å². The van der Waals surface area contributed by atoms with Crippen molar-refractivity contribution in [3.05, 3.63) is 60.1 Å². The van der Waals surface area contributed by atoms with Crippen molar-refractivity contribution >= 4 is 0 Å². The molecule has 0 rings (SSSR count). The molecule has 0 saturated heterocycles. The minimum absolute atomic E-state index is 0.832. The second kappa shape index (κ2) is 7.92. The van der Waals surface area contributed by atoms with Gasteiger partial charge in [0.1, 0.15) is 0 Å². The number of hydrogen-bond donors (Lipinski definition) is 2. The Balaban J connectivity index is 5.23. The van der Waals surface area contributed by atoms with Crippen molar-refractivity contribution in [2.45, 2.75) is 13.8 Å². The van der Waals surface area contributed by atoms with Gasteiger partial charge in [-0.15, -0.1) is 0 Å². The van der Waals surface area contributed by atoms with Crippen LogP contribution in [0, 0.1) is 0 Å². The first-order valence-electron chi connectivity index (χ1n) is 4.41. The largest absolute Gasteiger partial charge is 0.516 e. The molecule has 0 aliphatic heterocycles. The molecule has 2 heteroatoms. The predicted molar refractivity (Wildman–Crippen MR) is 60.2 cm³/mol. The highest BCUT2D eigenvalue weighted by Crippen LogP contribution is 2.11. The molecule has 0 bridgehead atoms. The molecule has 0 aliphatic carbocycles. The molecule has 0 aromatic heterocycles. The summed E-state index contributed by atoms with van der Waals surface area (Å²) in [6.45, 7) is 3.78. The summed E-state index contributed by atoms with van der Waals surface area (Å²) in [4.78, 5) is 0. The Bertz CT molecular complexity index is 233. The average Bonchev–Trinajstić information content (AvgIpc) is 2.17. The fourth-order valence-corrected chi connectivity index (χ4v) is 1.02. The third-order valence-corrected chi connectivity index (χ3v) is 1.53. The molecule has 0 spiro atoms. The number of rotatable bonds is 4. The van der Waals surface area contributed by atoms with Gasteiger partial charge in [-0.1, -0.05) is 24.3 Å². The quantitative estimate of drug-likeness (QED) is 0.528. The van der Waals surface area contributed by atoms with E-state index < -0.39 is 0 Å². The maximum atomic E-state index is 8.69. The fraction of sp³-hybridized carbons (Fsp3) is 0.167. The Morgan fingerprint density at radius 3 is 1.29 bits per heavy atom. The van der Waals surface area contributed by atoms with E-state index in [1.807, 2.05) is 38.2 Å². The summed E-state index contributed by atoms with van der Waals surface area (Å²) in [5.41, 5.74) is 1.66. The highest BCUT2D eigenvalue weighted by atomic mass is 16.2. The maximum Gasteiger partial charge on any atom is 0.0797 e. The lowest BCUT2D eigenvalue weighted by molar-refractivity contribution is 0.472. The number of aliphatic hydroxyl groups is 2. The third-order valence-electron chi connectivity index (χ3n) is 1.53. The molecule has 0 radical (unpaired) electrons. The van der Waals surface area contributed by atoms with Gasteiger partial charge in [0.05, 0.1) is 12.5 Å². The van der Waals surface area contributed by atoms with Gasteiger partial charge >= 0.3 is 0 Å². The standard InChI is InChI=1S/C12H16O2/c1-3-5-11(7-9-13)12(6-4-2)8-10-14/h3-10,13-14H,1-2H3/b5-3-,6-4-,9-7+,10-8+,12-11+. The second-order valence-corrected chi connectivity index (χ2v) is 2.54. The molecule has 0 atom stereocenters. The van der Waals surface area contributed by atoms with Gasteiger partial charge in [-0.05, 0) is 37.1 Å². The summed E-state index contributed by atoms with van der Waals surface area (Å²) in [7, 11) is 0. The van der Waals surface area contributed by atoms with E-state index in [-0.39, 0.29) is 0 Å². The zero-order chi connectivity index (χ0) is 10.8. The lowest BCUT2D eigenvalue weighted by Gasteiger charge is -1.98. The normalized spacial score (nSPS) is 15.0. The minimum Gasteiger partial charge on any atom is -0.516 e. The van der Waals surface area contributed by atoms with Crippen molar-refractivity contribution in [1.29, 1.82) is 0 Å². The van der Waals surface area contributed by atoms with Crippen LogP contribution in [-0.4, -0.2) is 10.2 Å². The van der Waals surface area contributed by atoms with Gasteiger partial charge in [-0.2, -0.15) is 0 Å². The molecule has 0 fully saturated rings. The van der Waals surface area contributed by atoms with Gasteiger partial charge < -0.3 is 10.2 Å². The number of aliphatic hydroxyl groups excluding tert-OH is 2. The molecule has 14 heavy (non-hydrogen) atoms. The molecule has 0 amide bonds. The van der Waals surface area contributed by atoms with Gasteiger partial charge in [0.2, 0.25) is 0 Å². The molecule has 0 aliphatic rings. The van der Waals surface area contributed by atoms with Crippen molar-refractivity contribution in [2.75, 3.05) is 0 Å².